The third-order valence-corrected chi connectivity index (χ3v) is 2.21. The average Bonchev–Trinajstić information content (AvgIpc) is 2.29. The standard InChI is InChI=1S/C12H13NO4/c1-2-8-5-3-4-6-10(8)13-7-9(11(14)15)12(16)17/h3-7,13H,2H2,1H3,(H,14,15)(H,16,17)/p-2. The van der Waals surface area contributed by atoms with Gasteiger partial charge in [0.2, 0.25) is 0 Å². The van der Waals surface area contributed by atoms with E-state index in [1.807, 2.05) is 19.1 Å². The summed E-state index contributed by atoms with van der Waals surface area (Å²) in [6, 6.07) is 7.17. The van der Waals surface area contributed by atoms with Crippen molar-refractivity contribution >= 4 is 17.6 Å². The SMILES string of the molecule is CCc1ccccc1NC=C(C(=O)[O-])C(=O)[O-]. The van der Waals surface area contributed by atoms with Gasteiger partial charge in [0.05, 0.1) is 11.9 Å². The van der Waals surface area contributed by atoms with Gasteiger partial charge < -0.3 is 25.1 Å². The zero-order valence-corrected chi connectivity index (χ0v) is 9.23. The van der Waals surface area contributed by atoms with Crippen molar-refractivity contribution in [1.82, 2.24) is 0 Å². The maximum Gasteiger partial charge on any atom is 0.0748 e. The minimum atomic E-state index is -1.79. The predicted octanol–water partition coefficient (Wildman–Crippen LogP) is -0.955. The summed E-state index contributed by atoms with van der Waals surface area (Å²) in [5, 5.41) is 23.6. The van der Waals surface area contributed by atoms with Gasteiger partial charge in [-0.05, 0) is 18.1 Å². The zero-order chi connectivity index (χ0) is 12.8. The van der Waals surface area contributed by atoms with Crippen LogP contribution in [0.25, 0.3) is 0 Å². The Hall–Kier alpha value is -2.30. The number of hydrogen-bond donors (Lipinski definition) is 1. The molecule has 0 aliphatic heterocycles. The highest BCUT2D eigenvalue weighted by atomic mass is 16.4. The molecule has 1 aromatic carbocycles. The normalized spacial score (nSPS) is 9.47. The lowest BCUT2D eigenvalue weighted by Crippen LogP contribution is -2.36. The number of carboxylic acids is 2. The Morgan fingerprint density at radius 2 is 1.82 bits per heavy atom. The van der Waals surface area contributed by atoms with Crippen LogP contribution in [0, 0.1) is 0 Å². The predicted molar refractivity (Wildman–Crippen MR) is 57.5 cm³/mol. The first-order valence-electron chi connectivity index (χ1n) is 5.03. The molecule has 0 saturated heterocycles. The highest BCUT2D eigenvalue weighted by Gasteiger charge is 2.01. The summed E-state index contributed by atoms with van der Waals surface area (Å²) in [6.07, 6.45) is 1.60. The first kappa shape index (κ1) is 12.8. The highest BCUT2D eigenvalue weighted by molar-refractivity contribution is 6.10. The van der Waals surface area contributed by atoms with Crippen LogP contribution in [0.4, 0.5) is 5.69 Å². The number of para-hydroxylation sites is 1. The fraction of sp³-hybridized carbons (Fsp3) is 0.167. The lowest BCUT2D eigenvalue weighted by atomic mass is 10.1. The van der Waals surface area contributed by atoms with Gasteiger partial charge in [0, 0.05) is 17.5 Å². The minimum Gasteiger partial charge on any atom is -0.545 e. The summed E-state index contributed by atoms with van der Waals surface area (Å²) < 4.78 is 0. The van der Waals surface area contributed by atoms with E-state index in [0.717, 1.165) is 18.2 Å². The molecule has 0 aromatic heterocycles. The van der Waals surface area contributed by atoms with Crippen molar-refractivity contribution in [3.63, 3.8) is 0 Å². The Labute approximate surface area is 98.4 Å². The number of benzene rings is 1. The van der Waals surface area contributed by atoms with Crippen molar-refractivity contribution in [2.45, 2.75) is 13.3 Å². The van der Waals surface area contributed by atoms with E-state index in [-0.39, 0.29) is 0 Å². The van der Waals surface area contributed by atoms with Crippen molar-refractivity contribution in [1.29, 1.82) is 0 Å². The van der Waals surface area contributed by atoms with Crippen molar-refractivity contribution in [2.24, 2.45) is 0 Å². The lowest BCUT2D eigenvalue weighted by molar-refractivity contribution is -0.312. The van der Waals surface area contributed by atoms with Crippen molar-refractivity contribution in [3.8, 4) is 0 Å². The topological polar surface area (TPSA) is 92.3 Å². The van der Waals surface area contributed by atoms with Gasteiger partial charge in [0.25, 0.3) is 0 Å². The van der Waals surface area contributed by atoms with Gasteiger partial charge in [-0.1, -0.05) is 25.1 Å². The second-order valence-corrected chi connectivity index (χ2v) is 3.29. The largest absolute Gasteiger partial charge is 0.545 e. The first-order chi connectivity index (χ1) is 8.06. The third-order valence-electron chi connectivity index (χ3n) is 2.21. The number of hydrogen-bond acceptors (Lipinski definition) is 5. The summed E-state index contributed by atoms with van der Waals surface area (Å²) in [7, 11) is 0. The van der Waals surface area contributed by atoms with Gasteiger partial charge in [-0.2, -0.15) is 0 Å². The molecule has 0 radical (unpaired) electrons. The number of aryl methyl sites for hydroxylation is 1. The molecule has 0 heterocycles. The quantitative estimate of drug-likeness (QED) is 0.402. The monoisotopic (exact) mass is 233 g/mol. The molecule has 0 aliphatic rings. The van der Waals surface area contributed by atoms with E-state index in [0.29, 0.717) is 5.69 Å². The summed E-state index contributed by atoms with van der Waals surface area (Å²) in [5.41, 5.74) is 0.672. The maximum atomic E-state index is 10.5. The Bertz CT molecular complexity index is 449. The van der Waals surface area contributed by atoms with E-state index < -0.39 is 17.5 Å². The van der Waals surface area contributed by atoms with E-state index in [2.05, 4.69) is 5.32 Å². The molecule has 1 rings (SSSR count). The number of carbonyl (C=O) groups is 2. The average molecular weight is 233 g/mol. The first-order valence-corrected chi connectivity index (χ1v) is 5.03. The van der Waals surface area contributed by atoms with Gasteiger partial charge in [-0.25, -0.2) is 0 Å². The van der Waals surface area contributed by atoms with Gasteiger partial charge in [0.1, 0.15) is 0 Å². The van der Waals surface area contributed by atoms with Gasteiger partial charge in [-0.3, -0.25) is 0 Å². The van der Waals surface area contributed by atoms with Crippen LogP contribution in [0.1, 0.15) is 12.5 Å². The van der Waals surface area contributed by atoms with E-state index >= 15 is 0 Å². The van der Waals surface area contributed by atoms with Gasteiger partial charge in [0.15, 0.2) is 0 Å². The Morgan fingerprint density at radius 3 is 2.35 bits per heavy atom. The van der Waals surface area contributed by atoms with Crippen LogP contribution in [-0.4, -0.2) is 11.9 Å². The molecular weight excluding hydrogens is 222 g/mol. The number of nitrogens with one attached hydrogen (secondary N) is 1. The van der Waals surface area contributed by atoms with Crippen molar-refractivity contribution in [3.05, 3.63) is 41.6 Å². The van der Waals surface area contributed by atoms with Crippen LogP contribution in [0.2, 0.25) is 0 Å². The third kappa shape index (κ3) is 3.34. The van der Waals surface area contributed by atoms with Crippen LogP contribution in [-0.2, 0) is 16.0 Å². The Morgan fingerprint density at radius 1 is 1.24 bits per heavy atom. The molecule has 5 heteroatoms. The fourth-order valence-corrected chi connectivity index (χ4v) is 1.32. The maximum absolute atomic E-state index is 10.5. The molecule has 1 aromatic rings. The molecule has 1 N–H and O–H groups in total. The molecule has 0 spiro atoms. The van der Waals surface area contributed by atoms with Crippen molar-refractivity contribution in [2.75, 3.05) is 5.32 Å². The molecule has 5 nitrogen and oxygen atoms in total. The fourth-order valence-electron chi connectivity index (χ4n) is 1.32. The second-order valence-electron chi connectivity index (χ2n) is 3.29. The lowest BCUT2D eigenvalue weighted by Gasteiger charge is -2.12. The smallest absolute Gasteiger partial charge is 0.0748 e. The van der Waals surface area contributed by atoms with Crippen LogP contribution in [0.5, 0.6) is 0 Å². The molecule has 0 saturated carbocycles. The number of carbonyl (C=O) groups excluding carboxylic acids is 2. The van der Waals surface area contributed by atoms with Crippen LogP contribution >= 0.6 is 0 Å². The molecule has 17 heavy (non-hydrogen) atoms. The van der Waals surface area contributed by atoms with E-state index in [1.54, 1.807) is 12.1 Å². The van der Waals surface area contributed by atoms with E-state index in [1.165, 1.54) is 0 Å². The molecule has 0 bridgehead atoms. The van der Waals surface area contributed by atoms with Crippen molar-refractivity contribution < 1.29 is 19.8 Å². The Kier molecular flexibility index (Phi) is 4.28. The highest BCUT2D eigenvalue weighted by Crippen LogP contribution is 2.15. The molecule has 0 fully saturated rings. The van der Waals surface area contributed by atoms with E-state index in [9.17, 15) is 19.8 Å². The molecular formula is C12H11NO4-2. The summed E-state index contributed by atoms with van der Waals surface area (Å²) in [6.45, 7) is 1.93. The van der Waals surface area contributed by atoms with Gasteiger partial charge in [-0.15, -0.1) is 0 Å². The second kappa shape index (κ2) is 5.69. The number of anilines is 1. The molecule has 0 amide bonds. The van der Waals surface area contributed by atoms with Gasteiger partial charge >= 0.3 is 0 Å². The summed E-state index contributed by atoms with van der Waals surface area (Å²) in [4.78, 5) is 21.0. The Balaban J connectivity index is 2.94. The summed E-state index contributed by atoms with van der Waals surface area (Å²) in [5.74, 6) is -3.57. The molecule has 0 unspecified atom stereocenters. The number of carboxylic acid groups (broad SMARTS) is 2. The molecule has 0 atom stereocenters. The minimum absolute atomic E-state index is 0.648. The molecule has 0 aliphatic carbocycles. The molecule has 90 valence electrons. The summed E-state index contributed by atoms with van der Waals surface area (Å²) >= 11 is 0. The van der Waals surface area contributed by atoms with Crippen LogP contribution in [0.3, 0.4) is 0 Å². The zero-order valence-electron chi connectivity index (χ0n) is 9.23. The van der Waals surface area contributed by atoms with Crippen LogP contribution in [0.15, 0.2) is 36.0 Å². The number of rotatable bonds is 5. The number of aliphatic carboxylic acids is 2. The van der Waals surface area contributed by atoms with E-state index in [4.69, 9.17) is 0 Å². The van der Waals surface area contributed by atoms with Crippen LogP contribution < -0.4 is 15.5 Å².